The first kappa shape index (κ1) is 13.9. The molecule has 1 aliphatic rings. The molecule has 0 saturated carbocycles. The Hall–Kier alpha value is -3.01. The molecule has 2 aromatic rings. The van der Waals surface area contributed by atoms with E-state index >= 15 is 0 Å². The second-order valence-corrected chi connectivity index (χ2v) is 5.09. The van der Waals surface area contributed by atoms with Gasteiger partial charge in [-0.05, 0) is 42.8 Å². The SMILES string of the molecule is CC(N)=Nc1ccc2c(c1)C=CN(C=Cc1ccccc1)N2. The van der Waals surface area contributed by atoms with Gasteiger partial charge in [0.05, 0.1) is 17.2 Å². The normalized spacial score (nSPS) is 14.0. The Kier molecular flexibility index (Phi) is 3.92. The molecular weight excluding hydrogens is 272 g/mol. The molecule has 1 heterocycles. The second kappa shape index (κ2) is 6.18. The third-order valence-electron chi connectivity index (χ3n) is 3.23. The highest BCUT2D eigenvalue weighted by Gasteiger charge is 2.08. The zero-order valence-corrected chi connectivity index (χ0v) is 12.4. The van der Waals surface area contributed by atoms with E-state index in [1.807, 2.05) is 59.9 Å². The van der Waals surface area contributed by atoms with Gasteiger partial charge in [0.25, 0.3) is 0 Å². The molecule has 0 aromatic heterocycles. The van der Waals surface area contributed by atoms with Crippen LogP contribution in [-0.2, 0) is 0 Å². The first-order valence-electron chi connectivity index (χ1n) is 7.12. The van der Waals surface area contributed by atoms with Crippen LogP contribution in [0.4, 0.5) is 11.4 Å². The summed E-state index contributed by atoms with van der Waals surface area (Å²) in [6.07, 6.45) is 8.07. The van der Waals surface area contributed by atoms with Crippen LogP contribution >= 0.6 is 0 Å². The molecule has 3 N–H and O–H groups in total. The van der Waals surface area contributed by atoms with E-state index in [1.165, 1.54) is 0 Å². The zero-order chi connectivity index (χ0) is 15.4. The van der Waals surface area contributed by atoms with Crippen molar-refractivity contribution in [2.75, 3.05) is 5.43 Å². The van der Waals surface area contributed by atoms with E-state index < -0.39 is 0 Å². The second-order valence-electron chi connectivity index (χ2n) is 5.09. The van der Waals surface area contributed by atoms with Crippen LogP contribution in [-0.4, -0.2) is 10.8 Å². The minimum atomic E-state index is 0.556. The number of benzene rings is 2. The number of aliphatic imine (C=N–C) groups is 1. The quantitative estimate of drug-likeness (QED) is 0.664. The number of hydrazine groups is 1. The number of nitrogens with two attached hydrogens (primary N) is 1. The summed E-state index contributed by atoms with van der Waals surface area (Å²) in [7, 11) is 0. The molecule has 0 fully saturated rings. The van der Waals surface area contributed by atoms with Crippen LogP contribution in [0.2, 0.25) is 0 Å². The molecule has 0 aliphatic carbocycles. The van der Waals surface area contributed by atoms with Crippen molar-refractivity contribution >= 4 is 29.4 Å². The fourth-order valence-electron chi connectivity index (χ4n) is 2.22. The molecule has 0 bridgehead atoms. The number of hydrogen-bond acceptors (Lipinski definition) is 3. The Balaban J connectivity index is 1.76. The molecule has 0 spiro atoms. The van der Waals surface area contributed by atoms with Gasteiger partial charge in [-0.3, -0.25) is 10.4 Å². The highest BCUT2D eigenvalue weighted by atomic mass is 15.5. The predicted molar refractivity (Wildman–Crippen MR) is 93.4 cm³/mol. The lowest BCUT2D eigenvalue weighted by atomic mass is 10.1. The summed E-state index contributed by atoms with van der Waals surface area (Å²) in [6, 6.07) is 16.1. The average molecular weight is 290 g/mol. The van der Waals surface area contributed by atoms with E-state index in [4.69, 9.17) is 5.73 Å². The predicted octanol–water partition coefficient (Wildman–Crippen LogP) is 3.98. The maximum atomic E-state index is 5.62. The smallest absolute Gasteiger partial charge is 0.0964 e. The Bertz CT molecular complexity index is 741. The van der Waals surface area contributed by atoms with Crippen LogP contribution in [0.5, 0.6) is 0 Å². The van der Waals surface area contributed by atoms with Gasteiger partial charge in [0.15, 0.2) is 0 Å². The molecule has 4 heteroatoms. The fourth-order valence-corrected chi connectivity index (χ4v) is 2.22. The zero-order valence-electron chi connectivity index (χ0n) is 12.4. The van der Waals surface area contributed by atoms with Gasteiger partial charge in [-0.15, -0.1) is 0 Å². The van der Waals surface area contributed by atoms with E-state index in [-0.39, 0.29) is 0 Å². The van der Waals surface area contributed by atoms with Crippen LogP contribution in [0.3, 0.4) is 0 Å². The molecule has 110 valence electrons. The van der Waals surface area contributed by atoms with Crippen molar-refractivity contribution in [3.63, 3.8) is 0 Å². The standard InChI is InChI=1S/C18H18N4/c1-14(19)20-17-7-8-18-16(13-17)10-12-22(21-18)11-9-15-5-3-2-4-6-15/h2-13,21H,1H3,(H2,19,20). The van der Waals surface area contributed by atoms with Gasteiger partial charge in [-0.25, -0.2) is 4.99 Å². The Morgan fingerprint density at radius 1 is 1.18 bits per heavy atom. The molecular formula is C18H18N4. The Labute approximate surface area is 130 Å². The van der Waals surface area contributed by atoms with E-state index in [9.17, 15) is 0 Å². The Morgan fingerprint density at radius 2 is 2.00 bits per heavy atom. The first-order valence-corrected chi connectivity index (χ1v) is 7.12. The minimum absolute atomic E-state index is 0.556. The van der Waals surface area contributed by atoms with Gasteiger partial charge >= 0.3 is 0 Å². The molecule has 2 aromatic carbocycles. The van der Waals surface area contributed by atoms with Crippen molar-refractivity contribution in [2.45, 2.75) is 6.92 Å². The molecule has 3 rings (SSSR count). The van der Waals surface area contributed by atoms with Gasteiger partial charge in [0, 0.05) is 18.0 Å². The number of nitrogens with one attached hydrogen (secondary N) is 1. The molecule has 0 saturated heterocycles. The van der Waals surface area contributed by atoms with Crippen molar-refractivity contribution < 1.29 is 0 Å². The Morgan fingerprint density at radius 3 is 2.77 bits per heavy atom. The molecule has 0 unspecified atom stereocenters. The van der Waals surface area contributed by atoms with Gasteiger partial charge in [0.1, 0.15) is 0 Å². The number of amidine groups is 1. The van der Waals surface area contributed by atoms with Crippen LogP contribution in [0.1, 0.15) is 18.1 Å². The van der Waals surface area contributed by atoms with Crippen molar-refractivity contribution in [3.05, 3.63) is 72.1 Å². The van der Waals surface area contributed by atoms with Gasteiger partial charge in [0.2, 0.25) is 0 Å². The number of fused-ring (bicyclic) bond motifs is 1. The number of rotatable bonds is 3. The molecule has 4 nitrogen and oxygen atoms in total. The van der Waals surface area contributed by atoms with E-state index in [1.54, 1.807) is 6.92 Å². The number of nitrogens with zero attached hydrogens (tertiary/aromatic N) is 2. The number of hydrogen-bond donors (Lipinski definition) is 2. The monoisotopic (exact) mass is 290 g/mol. The van der Waals surface area contributed by atoms with E-state index in [0.717, 1.165) is 22.5 Å². The molecule has 0 radical (unpaired) electrons. The van der Waals surface area contributed by atoms with Gasteiger partial charge in [-0.1, -0.05) is 30.3 Å². The molecule has 0 amide bonds. The van der Waals surface area contributed by atoms with Crippen molar-refractivity contribution in [3.8, 4) is 0 Å². The van der Waals surface area contributed by atoms with E-state index in [2.05, 4.69) is 28.6 Å². The topological polar surface area (TPSA) is 53.6 Å². The van der Waals surface area contributed by atoms with Crippen molar-refractivity contribution in [1.29, 1.82) is 0 Å². The van der Waals surface area contributed by atoms with Gasteiger partial charge in [-0.2, -0.15) is 0 Å². The first-order chi connectivity index (χ1) is 10.7. The van der Waals surface area contributed by atoms with Crippen molar-refractivity contribution in [2.24, 2.45) is 10.7 Å². The fraction of sp³-hybridized carbons (Fsp3) is 0.0556. The van der Waals surface area contributed by atoms with Gasteiger partial charge < -0.3 is 5.73 Å². The van der Waals surface area contributed by atoms with Crippen molar-refractivity contribution in [1.82, 2.24) is 5.01 Å². The third kappa shape index (κ3) is 3.35. The third-order valence-corrected chi connectivity index (χ3v) is 3.23. The minimum Gasteiger partial charge on any atom is -0.387 e. The molecule has 1 aliphatic heterocycles. The number of anilines is 1. The maximum absolute atomic E-state index is 5.62. The summed E-state index contributed by atoms with van der Waals surface area (Å²) in [5, 5.41) is 1.92. The van der Waals surface area contributed by atoms with Crippen LogP contribution in [0.15, 0.2) is 65.9 Å². The molecule has 0 atom stereocenters. The summed E-state index contributed by atoms with van der Waals surface area (Å²) >= 11 is 0. The maximum Gasteiger partial charge on any atom is 0.0964 e. The lowest BCUT2D eigenvalue weighted by Crippen LogP contribution is -2.20. The molecule has 22 heavy (non-hydrogen) atoms. The highest BCUT2D eigenvalue weighted by molar-refractivity contribution is 5.82. The van der Waals surface area contributed by atoms with Crippen LogP contribution in [0.25, 0.3) is 12.2 Å². The summed E-state index contributed by atoms with van der Waals surface area (Å²) in [5.74, 6) is 0.556. The lowest BCUT2D eigenvalue weighted by molar-refractivity contribution is 0.614. The summed E-state index contributed by atoms with van der Waals surface area (Å²) < 4.78 is 0. The summed E-state index contributed by atoms with van der Waals surface area (Å²) in [4.78, 5) is 4.27. The average Bonchev–Trinajstić information content (AvgIpc) is 2.53. The summed E-state index contributed by atoms with van der Waals surface area (Å²) in [5.41, 5.74) is 13.1. The summed E-state index contributed by atoms with van der Waals surface area (Å²) in [6.45, 7) is 1.78. The highest BCUT2D eigenvalue weighted by Crippen LogP contribution is 2.27. The van der Waals surface area contributed by atoms with Crippen LogP contribution < -0.4 is 11.2 Å². The van der Waals surface area contributed by atoms with E-state index in [0.29, 0.717) is 5.84 Å². The lowest BCUT2D eigenvalue weighted by Gasteiger charge is -2.24. The largest absolute Gasteiger partial charge is 0.387 e. The van der Waals surface area contributed by atoms with Crippen LogP contribution in [0, 0.1) is 0 Å².